The van der Waals surface area contributed by atoms with Crippen LogP contribution < -0.4 is 0 Å². The van der Waals surface area contributed by atoms with E-state index in [9.17, 15) is 18.4 Å². The number of alkyl halides is 2. The lowest BCUT2D eigenvalue weighted by atomic mass is 10.0. The van der Waals surface area contributed by atoms with Crippen molar-refractivity contribution in [2.45, 2.75) is 25.5 Å². The number of likely N-dealkylation sites (tertiary alicyclic amines) is 1. The van der Waals surface area contributed by atoms with Crippen LogP contribution in [-0.4, -0.2) is 41.1 Å². The molecule has 114 valence electrons. The second-order valence-corrected chi connectivity index (χ2v) is 4.79. The van der Waals surface area contributed by atoms with Crippen LogP contribution in [0.25, 0.3) is 0 Å². The normalized spacial score (nSPS) is 21.6. The van der Waals surface area contributed by atoms with Gasteiger partial charge < -0.3 is 9.84 Å². The Labute approximate surface area is 120 Å². The molecule has 1 amide bonds. The standard InChI is InChI=1S/C14H15F2NO4/c15-12(16)11-10(13(18)19)6-7-17(11)14(20)21-8-9-4-2-1-3-5-9/h1-5,10-12H,6-8H2,(H,18,19)/t10-,11+/m0/s1. The van der Waals surface area contributed by atoms with Crippen LogP contribution in [0, 0.1) is 5.92 Å². The van der Waals surface area contributed by atoms with Crippen molar-refractivity contribution in [3.05, 3.63) is 35.9 Å². The molecule has 0 bridgehead atoms. The van der Waals surface area contributed by atoms with Gasteiger partial charge in [0.1, 0.15) is 12.6 Å². The Hall–Kier alpha value is -2.18. The fraction of sp³-hybridized carbons (Fsp3) is 0.429. The van der Waals surface area contributed by atoms with Gasteiger partial charge in [-0.25, -0.2) is 13.6 Å². The summed E-state index contributed by atoms with van der Waals surface area (Å²) in [7, 11) is 0. The summed E-state index contributed by atoms with van der Waals surface area (Å²) in [5.41, 5.74) is 0.730. The molecule has 1 saturated heterocycles. The summed E-state index contributed by atoms with van der Waals surface area (Å²) in [6, 6.07) is 7.17. The number of nitrogens with zero attached hydrogens (tertiary/aromatic N) is 1. The predicted molar refractivity (Wildman–Crippen MR) is 68.9 cm³/mol. The molecule has 2 atom stereocenters. The Morgan fingerprint density at radius 1 is 1.33 bits per heavy atom. The van der Waals surface area contributed by atoms with Gasteiger partial charge in [0.2, 0.25) is 0 Å². The number of halogens is 2. The topological polar surface area (TPSA) is 66.8 Å². The Morgan fingerprint density at radius 2 is 2.00 bits per heavy atom. The Balaban J connectivity index is 1.99. The molecule has 7 heteroatoms. The maximum atomic E-state index is 13.0. The van der Waals surface area contributed by atoms with Gasteiger partial charge in [-0.15, -0.1) is 0 Å². The highest BCUT2D eigenvalue weighted by atomic mass is 19.3. The minimum absolute atomic E-state index is 0.00474. The van der Waals surface area contributed by atoms with Crippen molar-refractivity contribution in [3.8, 4) is 0 Å². The Kier molecular flexibility index (Phi) is 4.72. The molecule has 21 heavy (non-hydrogen) atoms. The third kappa shape index (κ3) is 3.48. The smallest absolute Gasteiger partial charge is 0.410 e. The molecule has 0 aromatic heterocycles. The summed E-state index contributed by atoms with van der Waals surface area (Å²) < 4.78 is 31.0. The van der Waals surface area contributed by atoms with Gasteiger partial charge in [-0.1, -0.05) is 30.3 Å². The van der Waals surface area contributed by atoms with Crippen LogP contribution in [-0.2, 0) is 16.1 Å². The minimum Gasteiger partial charge on any atom is -0.481 e. The van der Waals surface area contributed by atoms with Gasteiger partial charge in [0, 0.05) is 6.54 Å². The van der Waals surface area contributed by atoms with Gasteiger partial charge in [-0.05, 0) is 12.0 Å². The molecule has 0 aliphatic carbocycles. The van der Waals surface area contributed by atoms with E-state index < -0.39 is 30.4 Å². The fourth-order valence-corrected chi connectivity index (χ4v) is 2.41. The summed E-state index contributed by atoms with van der Waals surface area (Å²) in [6.45, 7) is -0.0799. The first-order valence-corrected chi connectivity index (χ1v) is 6.49. The van der Waals surface area contributed by atoms with E-state index >= 15 is 0 Å². The predicted octanol–water partition coefficient (Wildman–Crippen LogP) is 2.36. The van der Waals surface area contributed by atoms with Crippen molar-refractivity contribution in [2.24, 2.45) is 5.92 Å². The molecule has 1 aliphatic heterocycles. The summed E-state index contributed by atoms with van der Waals surface area (Å²) in [5.74, 6) is -2.58. The first-order chi connectivity index (χ1) is 10.0. The third-order valence-corrected chi connectivity index (χ3v) is 3.47. The molecule has 1 heterocycles. The summed E-state index contributed by atoms with van der Waals surface area (Å²) in [4.78, 5) is 23.6. The van der Waals surface area contributed by atoms with Gasteiger partial charge in [-0.3, -0.25) is 9.69 Å². The van der Waals surface area contributed by atoms with Gasteiger partial charge >= 0.3 is 12.1 Å². The van der Waals surface area contributed by atoms with Gasteiger partial charge in [0.15, 0.2) is 0 Å². The number of carboxylic acids is 1. The number of hydrogen-bond acceptors (Lipinski definition) is 3. The SMILES string of the molecule is O=C(O)[C@H]1CCN(C(=O)OCc2ccccc2)[C@H]1C(F)F. The van der Waals surface area contributed by atoms with E-state index in [0.717, 1.165) is 10.5 Å². The molecule has 1 aromatic carbocycles. The van der Waals surface area contributed by atoms with Crippen LogP contribution in [0.3, 0.4) is 0 Å². The van der Waals surface area contributed by atoms with Crippen molar-refractivity contribution >= 4 is 12.1 Å². The minimum atomic E-state index is -2.92. The highest BCUT2D eigenvalue weighted by molar-refractivity contribution is 5.75. The second-order valence-electron chi connectivity index (χ2n) is 4.79. The summed E-state index contributed by atoms with van der Waals surface area (Å²) >= 11 is 0. The number of amides is 1. The molecular formula is C14H15F2NO4. The van der Waals surface area contributed by atoms with Crippen molar-refractivity contribution in [1.29, 1.82) is 0 Å². The number of benzene rings is 1. The number of hydrogen-bond donors (Lipinski definition) is 1. The fourth-order valence-electron chi connectivity index (χ4n) is 2.41. The Morgan fingerprint density at radius 3 is 2.57 bits per heavy atom. The highest BCUT2D eigenvalue weighted by Crippen LogP contribution is 2.30. The molecule has 1 aliphatic rings. The quantitative estimate of drug-likeness (QED) is 0.927. The van der Waals surface area contributed by atoms with Crippen molar-refractivity contribution in [1.82, 2.24) is 4.90 Å². The number of carboxylic acid groups (broad SMARTS) is 1. The average molecular weight is 299 g/mol. The number of carbonyl (C=O) groups is 2. The molecule has 1 fully saturated rings. The Bertz CT molecular complexity index is 509. The molecule has 5 nitrogen and oxygen atoms in total. The van der Waals surface area contributed by atoms with Crippen LogP contribution in [0.2, 0.25) is 0 Å². The number of carbonyl (C=O) groups excluding carboxylic acids is 1. The summed E-state index contributed by atoms with van der Waals surface area (Å²) in [5, 5.41) is 8.93. The lowest BCUT2D eigenvalue weighted by Gasteiger charge is -2.25. The molecule has 1 aromatic rings. The average Bonchev–Trinajstić information content (AvgIpc) is 2.91. The van der Waals surface area contributed by atoms with Crippen LogP contribution in [0.15, 0.2) is 30.3 Å². The molecule has 1 N–H and O–H groups in total. The monoisotopic (exact) mass is 299 g/mol. The van der Waals surface area contributed by atoms with E-state index in [1.54, 1.807) is 30.3 Å². The van der Waals surface area contributed by atoms with Crippen molar-refractivity contribution < 1.29 is 28.2 Å². The maximum absolute atomic E-state index is 13.0. The van der Waals surface area contributed by atoms with E-state index in [2.05, 4.69) is 0 Å². The molecule has 2 rings (SSSR count). The zero-order chi connectivity index (χ0) is 15.4. The second kappa shape index (κ2) is 6.51. The molecule has 0 spiro atoms. The van der Waals surface area contributed by atoms with Crippen molar-refractivity contribution in [3.63, 3.8) is 0 Å². The van der Waals surface area contributed by atoms with E-state index in [4.69, 9.17) is 9.84 Å². The van der Waals surface area contributed by atoms with Crippen LogP contribution in [0.4, 0.5) is 13.6 Å². The zero-order valence-electron chi connectivity index (χ0n) is 11.1. The van der Waals surface area contributed by atoms with E-state index in [1.165, 1.54) is 0 Å². The number of ether oxygens (including phenoxy) is 1. The zero-order valence-corrected chi connectivity index (χ0v) is 11.1. The first kappa shape index (κ1) is 15.2. The molecule has 0 radical (unpaired) electrons. The van der Waals surface area contributed by atoms with Crippen LogP contribution in [0.5, 0.6) is 0 Å². The maximum Gasteiger partial charge on any atom is 0.410 e. The largest absolute Gasteiger partial charge is 0.481 e. The van der Waals surface area contributed by atoms with Gasteiger partial charge in [0.05, 0.1) is 5.92 Å². The lowest BCUT2D eigenvalue weighted by Crippen LogP contribution is -2.44. The number of rotatable bonds is 4. The lowest BCUT2D eigenvalue weighted by molar-refractivity contribution is -0.144. The van der Waals surface area contributed by atoms with Gasteiger partial charge in [0.25, 0.3) is 6.43 Å². The first-order valence-electron chi connectivity index (χ1n) is 6.49. The molecular weight excluding hydrogens is 284 g/mol. The van der Waals surface area contributed by atoms with E-state index in [1.807, 2.05) is 0 Å². The third-order valence-electron chi connectivity index (χ3n) is 3.47. The van der Waals surface area contributed by atoms with Crippen LogP contribution in [0.1, 0.15) is 12.0 Å². The van der Waals surface area contributed by atoms with Gasteiger partial charge in [-0.2, -0.15) is 0 Å². The van der Waals surface area contributed by atoms with Crippen LogP contribution >= 0.6 is 0 Å². The summed E-state index contributed by atoms with van der Waals surface area (Å²) in [6.07, 6.45) is -3.82. The van der Waals surface area contributed by atoms with E-state index in [-0.39, 0.29) is 19.6 Å². The van der Waals surface area contributed by atoms with E-state index in [0.29, 0.717) is 0 Å². The number of aliphatic carboxylic acids is 1. The molecule has 0 unspecified atom stereocenters. The molecule has 0 saturated carbocycles. The van der Waals surface area contributed by atoms with Crippen molar-refractivity contribution in [2.75, 3.05) is 6.54 Å². The highest BCUT2D eigenvalue weighted by Gasteiger charge is 2.47.